The molecule has 0 aliphatic heterocycles. The van der Waals surface area contributed by atoms with Gasteiger partial charge in [-0.25, -0.2) is 15.8 Å². The number of nitrogens with one attached hydrogen (secondary N) is 2. The van der Waals surface area contributed by atoms with Crippen LogP contribution in [0.1, 0.15) is 6.92 Å². The number of methoxy groups -OCH3 is 1. The van der Waals surface area contributed by atoms with Crippen LogP contribution in [0.15, 0.2) is 12.4 Å². The second-order valence-electron chi connectivity index (χ2n) is 2.86. The zero-order valence-corrected chi connectivity index (χ0v) is 8.32. The Kier molecular flexibility index (Phi) is 4.09. The molecular formula is C8H15N5O. The molecule has 0 fully saturated rings. The number of rotatable bonds is 5. The molecule has 0 radical (unpaired) electrons. The maximum absolute atomic E-state index is 5.21. The molecule has 6 heteroatoms. The number of hydrogen-bond acceptors (Lipinski definition) is 6. The minimum atomic E-state index is 0.138. The summed E-state index contributed by atoms with van der Waals surface area (Å²) in [5, 5.41) is 3.10. The first kappa shape index (κ1) is 10.7. The number of ether oxygens (including phenoxy) is 1. The molecular weight excluding hydrogens is 182 g/mol. The summed E-state index contributed by atoms with van der Waals surface area (Å²) in [6.07, 6.45) is 1.58. The van der Waals surface area contributed by atoms with Crippen LogP contribution in [0.4, 0.5) is 11.6 Å². The van der Waals surface area contributed by atoms with Crippen LogP contribution in [-0.2, 0) is 4.74 Å². The Morgan fingerprint density at radius 2 is 2.21 bits per heavy atom. The normalized spacial score (nSPS) is 12.2. The quantitative estimate of drug-likeness (QED) is 0.462. The van der Waals surface area contributed by atoms with Crippen LogP contribution in [0.3, 0.4) is 0 Å². The fourth-order valence-electron chi connectivity index (χ4n) is 0.865. The number of hydrazine groups is 1. The molecule has 0 spiro atoms. The minimum Gasteiger partial charge on any atom is -0.380 e. The van der Waals surface area contributed by atoms with Crippen LogP contribution in [0.25, 0.3) is 0 Å². The lowest BCUT2D eigenvalue weighted by atomic mass is 10.4. The Morgan fingerprint density at radius 1 is 1.50 bits per heavy atom. The zero-order valence-electron chi connectivity index (χ0n) is 8.32. The third-order valence-electron chi connectivity index (χ3n) is 1.79. The van der Waals surface area contributed by atoms with Crippen LogP contribution in [-0.4, -0.2) is 29.7 Å². The summed E-state index contributed by atoms with van der Waals surface area (Å²) in [6, 6.07) is 1.72. The highest BCUT2D eigenvalue weighted by Gasteiger charge is 2.00. The number of hydrogen-bond donors (Lipinski definition) is 3. The van der Waals surface area contributed by atoms with E-state index in [-0.39, 0.29) is 6.10 Å². The maximum Gasteiger partial charge on any atom is 0.145 e. The summed E-state index contributed by atoms with van der Waals surface area (Å²) < 4.78 is 5.08. The molecule has 0 aliphatic rings. The van der Waals surface area contributed by atoms with Gasteiger partial charge in [-0.15, -0.1) is 0 Å². The van der Waals surface area contributed by atoms with E-state index in [0.29, 0.717) is 12.4 Å². The van der Waals surface area contributed by atoms with Gasteiger partial charge < -0.3 is 15.5 Å². The topological polar surface area (TPSA) is 85.1 Å². The summed E-state index contributed by atoms with van der Waals surface area (Å²) >= 11 is 0. The fraction of sp³-hybridized carbons (Fsp3) is 0.500. The van der Waals surface area contributed by atoms with E-state index in [1.807, 2.05) is 6.92 Å². The lowest BCUT2D eigenvalue weighted by Gasteiger charge is -2.11. The van der Waals surface area contributed by atoms with Crippen molar-refractivity contribution < 1.29 is 4.74 Å². The molecule has 0 saturated carbocycles. The average molecular weight is 197 g/mol. The number of nitrogen functional groups attached to an aromatic ring is 1. The molecule has 14 heavy (non-hydrogen) atoms. The number of nitrogens with two attached hydrogens (primary N) is 1. The third-order valence-corrected chi connectivity index (χ3v) is 1.79. The molecule has 1 aromatic rings. The van der Waals surface area contributed by atoms with Gasteiger partial charge in [0, 0.05) is 19.7 Å². The Labute approximate surface area is 82.9 Å². The molecule has 6 nitrogen and oxygen atoms in total. The van der Waals surface area contributed by atoms with Crippen molar-refractivity contribution in [2.45, 2.75) is 13.0 Å². The number of anilines is 2. The van der Waals surface area contributed by atoms with Crippen molar-refractivity contribution in [1.29, 1.82) is 0 Å². The standard InChI is InChI=1S/C8H15N5O/c1-6(14-2)4-10-7-3-8(13-9)12-5-11-7/h3,5-6H,4,9H2,1-2H3,(H2,10,11,12,13). The van der Waals surface area contributed by atoms with Crippen molar-refractivity contribution >= 4 is 11.6 Å². The van der Waals surface area contributed by atoms with Gasteiger partial charge in [0.1, 0.15) is 18.0 Å². The largest absolute Gasteiger partial charge is 0.380 e. The van der Waals surface area contributed by atoms with Gasteiger partial charge in [-0.3, -0.25) is 0 Å². The van der Waals surface area contributed by atoms with Gasteiger partial charge >= 0.3 is 0 Å². The monoisotopic (exact) mass is 197 g/mol. The second kappa shape index (κ2) is 5.36. The highest BCUT2D eigenvalue weighted by Crippen LogP contribution is 2.06. The second-order valence-corrected chi connectivity index (χ2v) is 2.86. The van der Waals surface area contributed by atoms with Crippen LogP contribution < -0.4 is 16.6 Å². The van der Waals surface area contributed by atoms with Crippen molar-refractivity contribution in [2.24, 2.45) is 5.84 Å². The van der Waals surface area contributed by atoms with Crippen molar-refractivity contribution in [3.8, 4) is 0 Å². The van der Waals surface area contributed by atoms with Gasteiger partial charge in [0.25, 0.3) is 0 Å². The Hall–Kier alpha value is -1.40. The van der Waals surface area contributed by atoms with Crippen molar-refractivity contribution in [2.75, 3.05) is 24.4 Å². The highest BCUT2D eigenvalue weighted by molar-refractivity contribution is 5.45. The van der Waals surface area contributed by atoms with Crippen LogP contribution in [0, 0.1) is 0 Å². The van der Waals surface area contributed by atoms with E-state index in [1.165, 1.54) is 6.33 Å². The molecule has 78 valence electrons. The van der Waals surface area contributed by atoms with Gasteiger partial charge in [0.2, 0.25) is 0 Å². The summed E-state index contributed by atoms with van der Waals surface area (Å²) in [5.41, 5.74) is 2.45. The van der Waals surface area contributed by atoms with Crippen LogP contribution >= 0.6 is 0 Å². The summed E-state index contributed by atoms with van der Waals surface area (Å²) in [7, 11) is 1.67. The lowest BCUT2D eigenvalue weighted by Crippen LogP contribution is -2.19. The van der Waals surface area contributed by atoms with Crippen LogP contribution in [0.2, 0.25) is 0 Å². The average Bonchev–Trinajstić information content (AvgIpc) is 2.26. The van der Waals surface area contributed by atoms with Crippen LogP contribution in [0.5, 0.6) is 0 Å². The van der Waals surface area contributed by atoms with Gasteiger partial charge in [-0.05, 0) is 6.92 Å². The smallest absolute Gasteiger partial charge is 0.145 e. The molecule has 4 N–H and O–H groups in total. The van der Waals surface area contributed by atoms with Gasteiger partial charge in [-0.2, -0.15) is 0 Å². The fourth-order valence-corrected chi connectivity index (χ4v) is 0.865. The van der Waals surface area contributed by atoms with E-state index in [9.17, 15) is 0 Å². The molecule has 1 aromatic heterocycles. The summed E-state index contributed by atoms with van der Waals surface area (Å²) in [4.78, 5) is 7.91. The first-order valence-corrected chi connectivity index (χ1v) is 4.31. The predicted molar refractivity (Wildman–Crippen MR) is 54.8 cm³/mol. The van der Waals surface area contributed by atoms with E-state index >= 15 is 0 Å². The molecule has 0 aromatic carbocycles. The van der Waals surface area contributed by atoms with E-state index in [0.717, 1.165) is 5.82 Å². The van der Waals surface area contributed by atoms with Gasteiger partial charge in [0.05, 0.1) is 6.10 Å². The molecule has 1 rings (SSSR count). The molecule has 0 amide bonds. The predicted octanol–water partition coefficient (Wildman–Crippen LogP) is 0.209. The highest BCUT2D eigenvalue weighted by atomic mass is 16.5. The van der Waals surface area contributed by atoms with Gasteiger partial charge in [0.15, 0.2) is 0 Å². The van der Waals surface area contributed by atoms with E-state index in [4.69, 9.17) is 10.6 Å². The summed E-state index contributed by atoms with van der Waals surface area (Å²) in [6.45, 7) is 2.66. The molecule has 1 atom stereocenters. The third kappa shape index (κ3) is 3.15. The molecule has 0 bridgehead atoms. The van der Waals surface area contributed by atoms with E-state index in [2.05, 4.69) is 20.7 Å². The molecule has 0 saturated heterocycles. The number of aromatic nitrogens is 2. The first-order valence-electron chi connectivity index (χ1n) is 4.31. The SMILES string of the molecule is COC(C)CNc1cc(NN)ncn1. The minimum absolute atomic E-state index is 0.138. The van der Waals surface area contributed by atoms with Crippen molar-refractivity contribution in [1.82, 2.24) is 9.97 Å². The molecule has 1 unspecified atom stereocenters. The molecule has 0 aliphatic carbocycles. The zero-order chi connectivity index (χ0) is 10.4. The summed E-state index contributed by atoms with van der Waals surface area (Å²) in [5.74, 6) is 6.50. The van der Waals surface area contributed by atoms with Crippen molar-refractivity contribution in [3.63, 3.8) is 0 Å². The Balaban J connectivity index is 2.50. The lowest BCUT2D eigenvalue weighted by molar-refractivity contribution is 0.128. The molecule has 1 heterocycles. The number of nitrogens with zero attached hydrogens (tertiary/aromatic N) is 2. The van der Waals surface area contributed by atoms with Crippen molar-refractivity contribution in [3.05, 3.63) is 12.4 Å². The van der Waals surface area contributed by atoms with E-state index in [1.54, 1.807) is 13.2 Å². The Bertz CT molecular complexity index is 280. The maximum atomic E-state index is 5.21. The van der Waals surface area contributed by atoms with Gasteiger partial charge in [-0.1, -0.05) is 0 Å². The Morgan fingerprint density at radius 3 is 2.86 bits per heavy atom. The first-order chi connectivity index (χ1) is 6.76. The van der Waals surface area contributed by atoms with E-state index < -0.39 is 0 Å².